The fraction of sp³-hybridized carbons (Fsp3) is 0.650. The Balaban J connectivity index is 2.21. The Kier molecular flexibility index (Phi) is 6.68. The molecule has 1 fully saturated rings. The molecule has 1 aliphatic rings. The van der Waals surface area contributed by atoms with Crippen LogP contribution >= 0.6 is 0 Å². The van der Waals surface area contributed by atoms with Gasteiger partial charge in [0.05, 0.1) is 11.7 Å². The number of esters is 2. The summed E-state index contributed by atoms with van der Waals surface area (Å²) in [5.41, 5.74) is 1.53. The molecule has 1 atom stereocenters. The van der Waals surface area contributed by atoms with E-state index in [1.54, 1.807) is 32.6 Å². The molecule has 0 spiro atoms. The van der Waals surface area contributed by atoms with Gasteiger partial charge in [-0.15, -0.1) is 0 Å². The molecule has 1 aromatic heterocycles. The minimum atomic E-state index is -0.843. The van der Waals surface area contributed by atoms with E-state index >= 15 is 0 Å². The Morgan fingerprint density at radius 3 is 2.07 bits per heavy atom. The van der Waals surface area contributed by atoms with Crippen LogP contribution in [0.25, 0.3) is 0 Å². The summed E-state index contributed by atoms with van der Waals surface area (Å²) >= 11 is 0. The molecule has 1 unspecified atom stereocenters. The maximum atomic E-state index is 12.7. The molecule has 0 radical (unpaired) electrons. The first-order valence-electron chi connectivity index (χ1n) is 9.53. The molecule has 1 N–H and O–H groups in total. The number of likely N-dealkylation sites (tertiary alicyclic amines) is 1. The number of ether oxygens (including phenoxy) is 2. The van der Waals surface area contributed by atoms with Gasteiger partial charge in [-0.05, 0) is 52.0 Å². The second kappa shape index (κ2) is 8.59. The Morgan fingerprint density at radius 1 is 0.963 bits per heavy atom. The van der Waals surface area contributed by atoms with Gasteiger partial charge < -0.3 is 19.4 Å². The van der Waals surface area contributed by atoms with Gasteiger partial charge in [0.2, 0.25) is 0 Å². The first-order valence-corrected chi connectivity index (χ1v) is 9.53. The highest BCUT2D eigenvalue weighted by Crippen LogP contribution is 2.22. The van der Waals surface area contributed by atoms with Crippen LogP contribution in [0.2, 0.25) is 0 Å². The number of carbonyl (C=O) groups excluding carboxylic acids is 3. The number of aryl methyl sites for hydroxylation is 1. The zero-order chi connectivity index (χ0) is 20.3. The normalized spacial score (nSPS) is 15.3. The Labute approximate surface area is 160 Å². The van der Waals surface area contributed by atoms with Gasteiger partial charge in [-0.25, -0.2) is 9.59 Å². The largest absolute Gasteiger partial charge is 0.459 e. The third-order valence-electron chi connectivity index (χ3n) is 4.69. The SMILES string of the molecule is Cc1[nH]c(C(=O)OC(C(=O)N2CCCC2)C(C)C)c(C)c1C(=O)OC(C)C. The number of hydrogen-bond donors (Lipinski definition) is 1. The van der Waals surface area contributed by atoms with Gasteiger partial charge in [0, 0.05) is 18.8 Å². The molecular weight excluding hydrogens is 348 g/mol. The lowest BCUT2D eigenvalue weighted by atomic mass is 10.1. The lowest BCUT2D eigenvalue weighted by molar-refractivity contribution is -0.141. The number of hydrogen-bond acceptors (Lipinski definition) is 5. The van der Waals surface area contributed by atoms with Crippen LogP contribution < -0.4 is 0 Å². The van der Waals surface area contributed by atoms with Crippen molar-refractivity contribution in [3.63, 3.8) is 0 Å². The van der Waals surface area contributed by atoms with E-state index in [1.165, 1.54) is 0 Å². The molecule has 0 aliphatic carbocycles. The second-order valence-electron chi connectivity index (χ2n) is 7.68. The number of aromatic amines is 1. The van der Waals surface area contributed by atoms with Crippen LogP contribution in [0.3, 0.4) is 0 Å². The second-order valence-corrected chi connectivity index (χ2v) is 7.68. The molecule has 2 rings (SSSR count). The van der Waals surface area contributed by atoms with Crippen molar-refractivity contribution in [2.24, 2.45) is 5.92 Å². The highest BCUT2D eigenvalue weighted by atomic mass is 16.6. The van der Waals surface area contributed by atoms with E-state index in [2.05, 4.69) is 4.98 Å². The summed E-state index contributed by atoms with van der Waals surface area (Å²) in [5.74, 6) is -1.42. The average Bonchev–Trinajstić information content (AvgIpc) is 3.19. The first-order chi connectivity index (χ1) is 12.6. The van der Waals surface area contributed by atoms with Crippen LogP contribution in [0.5, 0.6) is 0 Å². The number of amides is 1. The highest BCUT2D eigenvalue weighted by molar-refractivity contribution is 5.99. The smallest absolute Gasteiger partial charge is 0.355 e. The molecule has 1 saturated heterocycles. The third-order valence-corrected chi connectivity index (χ3v) is 4.69. The summed E-state index contributed by atoms with van der Waals surface area (Å²) < 4.78 is 10.8. The number of H-pyrrole nitrogens is 1. The zero-order valence-corrected chi connectivity index (χ0v) is 17.0. The van der Waals surface area contributed by atoms with Crippen molar-refractivity contribution >= 4 is 17.8 Å². The van der Waals surface area contributed by atoms with E-state index in [4.69, 9.17) is 9.47 Å². The van der Waals surface area contributed by atoms with Gasteiger partial charge in [-0.1, -0.05) is 13.8 Å². The minimum absolute atomic E-state index is 0.149. The summed E-state index contributed by atoms with van der Waals surface area (Å²) in [6, 6.07) is 0. The van der Waals surface area contributed by atoms with Gasteiger partial charge in [0.15, 0.2) is 6.10 Å². The summed E-state index contributed by atoms with van der Waals surface area (Å²) in [6.45, 7) is 12.0. The zero-order valence-electron chi connectivity index (χ0n) is 17.0. The Hall–Kier alpha value is -2.31. The van der Waals surface area contributed by atoms with E-state index in [0.717, 1.165) is 12.8 Å². The maximum absolute atomic E-state index is 12.7. The van der Waals surface area contributed by atoms with Crippen molar-refractivity contribution < 1.29 is 23.9 Å². The number of nitrogens with zero attached hydrogens (tertiary/aromatic N) is 1. The number of rotatable bonds is 6. The number of carbonyl (C=O) groups is 3. The van der Waals surface area contributed by atoms with E-state index in [-0.39, 0.29) is 23.6 Å². The molecule has 2 heterocycles. The standard InChI is InChI=1S/C20H30N2O5/c1-11(2)17(18(23)22-9-7-8-10-22)27-20(25)16-13(5)15(14(6)21-16)19(24)26-12(3)4/h11-12,17,21H,7-10H2,1-6H3. The van der Waals surface area contributed by atoms with Crippen LogP contribution in [0.4, 0.5) is 0 Å². The molecular formula is C20H30N2O5. The van der Waals surface area contributed by atoms with Crippen LogP contribution in [-0.2, 0) is 14.3 Å². The molecule has 7 nitrogen and oxygen atoms in total. The molecule has 1 aliphatic heterocycles. The summed E-state index contributed by atoms with van der Waals surface area (Å²) in [6.07, 6.45) is 0.844. The van der Waals surface area contributed by atoms with Gasteiger partial charge in [-0.2, -0.15) is 0 Å². The summed E-state index contributed by atoms with van der Waals surface area (Å²) in [5, 5.41) is 0. The van der Waals surface area contributed by atoms with Gasteiger partial charge in [-0.3, -0.25) is 4.79 Å². The van der Waals surface area contributed by atoms with E-state index < -0.39 is 18.0 Å². The monoisotopic (exact) mass is 378 g/mol. The van der Waals surface area contributed by atoms with Crippen molar-refractivity contribution in [2.75, 3.05) is 13.1 Å². The van der Waals surface area contributed by atoms with Crippen LogP contribution in [0, 0.1) is 19.8 Å². The molecule has 0 bridgehead atoms. The van der Waals surface area contributed by atoms with Gasteiger partial charge in [0.1, 0.15) is 5.69 Å². The predicted molar refractivity (Wildman–Crippen MR) is 101 cm³/mol. The van der Waals surface area contributed by atoms with Crippen molar-refractivity contribution in [3.05, 3.63) is 22.5 Å². The maximum Gasteiger partial charge on any atom is 0.355 e. The Morgan fingerprint density at radius 2 is 1.56 bits per heavy atom. The van der Waals surface area contributed by atoms with Crippen molar-refractivity contribution in [1.82, 2.24) is 9.88 Å². The van der Waals surface area contributed by atoms with Gasteiger partial charge in [0.25, 0.3) is 5.91 Å². The van der Waals surface area contributed by atoms with E-state index in [9.17, 15) is 14.4 Å². The summed E-state index contributed by atoms with van der Waals surface area (Å²) in [4.78, 5) is 42.4. The van der Waals surface area contributed by atoms with Crippen LogP contribution in [0.15, 0.2) is 0 Å². The first kappa shape index (κ1) is 21.0. The van der Waals surface area contributed by atoms with Crippen molar-refractivity contribution in [2.45, 2.75) is 66.6 Å². The quantitative estimate of drug-likeness (QED) is 0.769. The molecule has 7 heteroatoms. The number of nitrogens with one attached hydrogen (secondary N) is 1. The molecule has 1 amide bonds. The number of aromatic nitrogens is 1. The Bertz CT molecular complexity index is 714. The minimum Gasteiger partial charge on any atom is -0.459 e. The lowest BCUT2D eigenvalue weighted by Gasteiger charge is -2.25. The van der Waals surface area contributed by atoms with Crippen molar-refractivity contribution in [3.8, 4) is 0 Å². The average molecular weight is 378 g/mol. The molecule has 27 heavy (non-hydrogen) atoms. The topological polar surface area (TPSA) is 88.7 Å². The molecule has 0 aromatic carbocycles. The van der Waals surface area contributed by atoms with E-state index in [0.29, 0.717) is 29.9 Å². The fourth-order valence-electron chi connectivity index (χ4n) is 3.30. The summed E-state index contributed by atoms with van der Waals surface area (Å²) in [7, 11) is 0. The molecule has 1 aromatic rings. The van der Waals surface area contributed by atoms with Gasteiger partial charge >= 0.3 is 11.9 Å². The van der Waals surface area contributed by atoms with E-state index in [1.807, 2.05) is 13.8 Å². The van der Waals surface area contributed by atoms with Crippen LogP contribution in [0.1, 0.15) is 72.6 Å². The molecule has 0 saturated carbocycles. The highest BCUT2D eigenvalue weighted by Gasteiger charge is 2.33. The van der Waals surface area contributed by atoms with Crippen molar-refractivity contribution in [1.29, 1.82) is 0 Å². The fourth-order valence-corrected chi connectivity index (χ4v) is 3.30. The lowest BCUT2D eigenvalue weighted by Crippen LogP contribution is -2.42. The third kappa shape index (κ3) is 4.70. The predicted octanol–water partition coefficient (Wildman–Crippen LogP) is 3.00. The van der Waals surface area contributed by atoms with Crippen LogP contribution in [-0.4, -0.2) is 53.0 Å². The molecule has 150 valence electrons.